The Labute approximate surface area is 103 Å². The minimum Gasteiger partial charge on any atom is -0.493 e. The number of ether oxygens (including phenoxy) is 2. The lowest BCUT2D eigenvalue weighted by Gasteiger charge is -2.22. The van der Waals surface area contributed by atoms with Crippen molar-refractivity contribution in [2.45, 2.75) is 38.9 Å². The van der Waals surface area contributed by atoms with E-state index >= 15 is 0 Å². The summed E-state index contributed by atoms with van der Waals surface area (Å²) >= 11 is 0. The van der Waals surface area contributed by atoms with E-state index in [1.807, 2.05) is 31.2 Å². The van der Waals surface area contributed by atoms with E-state index in [-0.39, 0.29) is 6.10 Å². The Kier molecular flexibility index (Phi) is 6.01. The Morgan fingerprint density at radius 3 is 2.53 bits per heavy atom. The fourth-order valence-electron chi connectivity index (χ4n) is 1.79. The third-order valence-corrected chi connectivity index (χ3v) is 2.76. The van der Waals surface area contributed by atoms with Crippen molar-refractivity contribution >= 4 is 0 Å². The van der Waals surface area contributed by atoms with Crippen molar-refractivity contribution in [3.8, 4) is 5.75 Å². The highest BCUT2D eigenvalue weighted by Crippen LogP contribution is 2.29. The maximum Gasteiger partial charge on any atom is 0.125 e. The molecular weight excluding hydrogens is 216 g/mol. The van der Waals surface area contributed by atoms with Gasteiger partial charge < -0.3 is 14.6 Å². The lowest BCUT2D eigenvalue weighted by atomic mass is 10.0. The first-order valence-corrected chi connectivity index (χ1v) is 6.17. The number of hydrogen-bond acceptors (Lipinski definition) is 3. The van der Waals surface area contributed by atoms with E-state index in [0.29, 0.717) is 6.61 Å². The van der Waals surface area contributed by atoms with Crippen molar-refractivity contribution in [1.82, 2.24) is 0 Å². The molecule has 0 radical (unpaired) electrons. The quantitative estimate of drug-likeness (QED) is 0.793. The molecule has 0 bridgehead atoms. The standard InChI is InChI=1S/C14H22O3/c1-4-10-17-13-9-7-6-8-11(13)14(15)12(5-2)16-3/h6-9,12,14-15H,4-5,10H2,1-3H3. The molecule has 1 aromatic carbocycles. The van der Waals surface area contributed by atoms with E-state index < -0.39 is 6.10 Å². The van der Waals surface area contributed by atoms with Crippen LogP contribution in [0.3, 0.4) is 0 Å². The highest BCUT2D eigenvalue weighted by molar-refractivity contribution is 5.35. The Morgan fingerprint density at radius 1 is 1.24 bits per heavy atom. The van der Waals surface area contributed by atoms with Crippen LogP contribution in [-0.4, -0.2) is 24.9 Å². The van der Waals surface area contributed by atoms with Gasteiger partial charge in [-0.3, -0.25) is 0 Å². The van der Waals surface area contributed by atoms with Crippen LogP contribution in [0.2, 0.25) is 0 Å². The molecule has 2 unspecified atom stereocenters. The molecule has 3 heteroatoms. The highest BCUT2D eigenvalue weighted by atomic mass is 16.5. The zero-order valence-corrected chi connectivity index (χ0v) is 10.8. The van der Waals surface area contributed by atoms with Gasteiger partial charge in [-0.25, -0.2) is 0 Å². The second kappa shape index (κ2) is 7.30. The molecule has 1 N–H and O–H groups in total. The van der Waals surface area contributed by atoms with Gasteiger partial charge >= 0.3 is 0 Å². The Morgan fingerprint density at radius 2 is 1.94 bits per heavy atom. The first kappa shape index (κ1) is 14.0. The Balaban J connectivity index is 2.87. The van der Waals surface area contributed by atoms with Gasteiger partial charge in [-0.15, -0.1) is 0 Å². The van der Waals surface area contributed by atoms with Crippen LogP contribution in [-0.2, 0) is 4.74 Å². The number of benzene rings is 1. The number of methoxy groups -OCH3 is 1. The van der Waals surface area contributed by atoms with Crippen LogP contribution < -0.4 is 4.74 Å². The molecule has 1 rings (SSSR count). The van der Waals surface area contributed by atoms with Crippen molar-refractivity contribution in [2.24, 2.45) is 0 Å². The van der Waals surface area contributed by atoms with E-state index in [9.17, 15) is 5.11 Å². The van der Waals surface area contributed by atoms with Crippen LogP contribution in [0.5, 0.6) is 5.75 Å². The van der Waals surface area contributed by atoms with Gasteiger partial charge in [0, 0.05) is 12.7 Å². The van der Waals surface area contributed by atoms with Crippen molar-refractivity contribution in [2.75, 3.05) is 13.7 Å². The van der Waals surface area contributed by atoms with Gasteiger partial charge in [0.25, 0.3) is 0 Å². The summed E-state index contributed by atoms with van der Waals surface area (Å²) in [6, 6.07) is 7.59. The van der Waals surface area contributed by atoms with Gasteiger partial charge in [-0.2, -0.15) is 0 Å². The van der Waals surface area contributed by atoms with Crippen molar-refractivity contribution < 1.29 is 14.6 Å². The molecule has 1 aromatic rings. The normalized spacial score (nSPS) is 14.4. The fraction of sp³-hybridized carbons (Fsp3) is 0.571. The van der Waals surface area contributed by atoms with E-state index in [4.69, 9.17) is 9.47 Å². The average molecular weight is 238 g/mol. The summed E-state index contributed by atoms with van der Waals surface area (Å²) in [5.41, 5.74) is 0.801. The minimum atomic E-state index is -0.641. The largest absolute Gasteiger partial charge is 0.493 e. The van der Waals surface area contributed by atoms with Gasteiger partial charge in [0.2, 0.25) is 0 Å². The molecule has 0 aromatic heterocycles. The molecule has 0 aliphatic rings. The van der Waals surface area contributed by atoms with Crippen molar-refractivity contribution in [3.05, 3.63) is 29.8 Å². The number of para-hydroxylation sites is 1. The summed E-state index contributed by atoms with van der Waals surface area (Å²) in [5, 5.41) is 10.3. The third-order valence-electron chi connectivity index (χ3n) is 2.76. The number of hydrogen-bond donors (Lipinski definition) is 1. The molecule has 3 nitrogen and oxygen atoms in total. The average Bonchev–Trinajstić information content (AvgIpc) is 2.38. The van der Waals surface area contributed by atoms with E-state index in [0.717, 1.165) is 24.2 Å². The number of aliphatic hydroxyl groups is 1. The van der Waals surface area contributed by atoms with Gasteiger partial charge in [0.1, 0.15) is 11.9 Å². The lowest BCUT2D eigenvalue weighted by molar-refractivity contribution is -0.0160. The lowest BCUT2D eigenvalue weighted by Crippen LogP contribution is -2.20. The second-order valence-electron chi connectivity index (χ2n) is 4.01. The van der Waals surface area contributed by atoms with Gasteiger partial charge in [-0.05, 0) is 18.9 Å². The summed E-state index contributed by atoms with van der Waals surface area (Å²) in [4.78, 5) is 0. The van der Waals surface area contributed by atoms with Crippen LogP contribution >= 0.6 is 0 Å². The van der Waals surface area contributed by atoms with Gasteiger partial charge in [-0.1, -0.05) is 32.0 Å². The topological polar surface area (TPSA) is 38.7 Å². The smallest absolute Gasteiger partial charge is 0.125 e. The van der Waals surface area contributed by atoms with Crippen molar-refractivity contribution in [1.29, 1.82) is 0 Å². The monoisotopic (exact) mass is 238 g/mol. The molecular formula is C14H22O3. The van der Waals surface area contributed by atoms with E-state index in [2.05, 4.69) is 6.92 Å². The zero-order valence-electron chi connectivity index (χ0n) is 10.8. The number of rotatable bonds is 7. The molecule has 0 saturated heterocycles. The van der Waals surface area contributed by atoms with Crippen LogP contribution in [0.4, 0.5) is 0 Å². The molecule has 2 atom stereocenters. The maximum atomic E-state index is 10.3. The summed E-state index contributed by atoms with van der Waals surface area (Å²) in [5.74, 6) is 0.748. The van der Waals surface area contributed by atoms with Crippen LogP contribution in [0.15, 0.2) is 24.3 Å². The second-order valence-corrected chi connectivity index (χ2v) is 4.01. The molecule has 0 aliphatic heterocycles. The highest BCUT2D eigenvalue weighted by Gasteiger charge is 2.21. The predicted molar refractivity (Wildman–Crippen MR) is 68.3 cm³/mol. The summed E-state index contributed by atoms with van der Waals surface area (Å²) in [7, 11) is 1.62. The van der Waals surface area contributed by atoms with Crippen LogP contribution in [0, 0.1) is 0 Å². The molecule has 0 spiro atoms. The molecule has 0 amide bonds. The van der Waals surface area contributed by atoms with Gasteiger partial charge in [0.15, 0.2) is 0 Å². The summed E-state index contributed by atoms with van der Waals surface area (Å²) in [6.45, 7) is 4.71. The SMILES string of the molecule is CCCOc1ccccc1C(O)C(CC)OC. The minimum absolute atomic E-state index is 0.193. The fourth-order valence-corrected chi connectivity index (χ4v) is 1.79. The Bertz CT molecular complexity index is 321. The molecule has 0 saturated carbocycles. The van der Waals surface area contributed by atoms with Crippen LogP contribution in [0.1, 0.15) is 38.4 Å². The molecule has 0 aliphatic carbocycles. The number of aliphatic hydroxyl groups excluding tert-OH is 1. The maximum absolute atomic E-state index is 10.3. The molecule has 17 heavy (non-hydrogen) atoms. The van der Waals surface area contributed by atoms with Gasteiger partial charge in [0.05, 0.1) is 12.7 Å². The Hall–Kier alpha value is -1.06. The van der Waals surface area contributed by atoms with Crippen molar-refractivity contribution in [3.63, 3.8) is 0 Å². The van der Waals surface area contributed by atoms with Crippen LogP contribution in [0.25, 0.3) is 0 Å². The van der Waals surface area contributed by atoms with E-state index in [1.165, 1.54) is 0 Å². The molecule has 0 fully saturated rings. The summed E-state index contributed by atoms with van der Waals surface area (Å²) < 4.78 is 10.9. The van der Waals surface area contributed by atoms with E-state index in [1.54, 1.807) is 7.11 Å². The predicted octanol–water partition coefficient (Wildman–Crippen LogP) is 2.93. The zero-order chi connectivity index (χ0) is 12.7. The third kappa shape index (κ3) is 3.72. The first-order chi connectivity index (χ1) is 8.24. The first-order valence-electron chi connectivity index (χ1n) is 6.17. The summed E-state index contributed by atoms with van der Waals surface area (Å²) in [6.07, 6.45) is 0.880. The molecule has 96 valence electrons. The molecule has 0 heterocycles.